The first-order chi connectivity index (χ1) is 13.1. The number of likely N-dealkylation sites (tertiary alicyclic amines) is 1. The Bertz CT molecular complexity index is 865. The predicted octanol–water partition coefficient (Wildman–Crippen LogP) is 4.05. The number of hydrogen-bond acceptors (Lipinski definition) is 4. The van der Waals surface area contributed by atoms with E-state index in [2.05, 4.69) is 0 Å². The van der Waals surface area contributed by atoms with Crippen molar-refractivity contribution in [3.8, 4) is 11.5 Å². The minimum absolute atomic E-state index is 0.0283. The summed E-state index contributed by atoms with van der Waals surface area (Å²) in [5, 5.41) is 0.592. The van der Waals surface area contributed by atoms with Crippen LogP contribution >= 0.6 is 11.6 Å². The van der Waals surface area contributed by atoms with Crippen molar-refractivity contribution in [2.45, 2.75) is 25.2 Å². The zero-order valence-electron chi connectivity index (χ0n) is 14.8. The van der Waals surface area contributed by atoms with Gasteiger partial charge in [0.1, 0.15) is 0 Å². The highest BCUT2D eigenvalue weighted by molar-refractivity contribution is 6.30. The molecule has 27 heavy (non-hydrogen) atoms. The molecule has 2 heterocycles. The number of hydrogen-bond donors (Lipinski definition) is 0. The number of ether oxygens (including phenoxy) is 2. The number of carbonyl (C=O) groups excluding carboxylic acids is 2. The van der Waals surface area contributed by atoms with Crippen LogP contribution in [0.1, 0.15) is 41.1 Å². The fourth-order valence-electron chi connectivity index (χ4n) is 3.58. The second-order valence-electron chi connectivity index (χ2n) is 6.87. The standard InChI is InChI=1S/C21H20ClNO4/c22-17-4-1-14(2-5-17)18(24)6-8-21(25)23-10-9-16(12-23)15-3-7-19-20(11-15)27-13-26-19/h1-5,7,11,16H,6,8-10,12-13H2. The van der Waals surface area contributed by atoms with Crippen molar-refractivity contribution < 1.29 is 19.1 Å². The Morgan fingerprint density at radius 3 is 2.63 bits per heavy atom. The molecule has 2 aromatic rings. The Hall–Kier alpha value is -2.53. The predicted molar refractivity (Wildman–Crippen MR) is 102 cm³/mol. The lowest BCUT2D eigenvalue weighted by Gasteiger charge is -2.17. The third-order valence-electron chi connectivity index (χ3n) is 5.14. The Labute approximate surface area is 162 Å². The topological polar surface area (TPSA) is 55.8 Å². The van der Waals surface area contributed by atoms with Crippen molar-refractivity contribution in [1.29, 1.82) is 0 Å². The normalized spacial score (nSPS) is 18.0. The van der Waals surface area contributed by atoms with Gasteiger partial charge in [0.05, 0.1) is 0 Å². The molecule has 4 rings (SSSR count). The lowest BCUT2D eigenvalue weighted by atomic mass is 9.98. The molecule has 1 saturated heterocycles. The Kier molecular flexibility index (Phi) is 5.03. The minimum atomic E-state index is -0.0356. The van der Waals surface area contributed by atoms with Crippen LogP contribution in [0, 0.1) is 0 Å². The molecule has 0 bridgehead atoms. The van der Waals surface area contributed by atoms with Gasteiger partial charge in [-0.15, -0.1) is 0 Å². The van der Waals surface area contributed by atoms with Crippen LogP contribution in [0.15, 0.2) is 42.5 Å². The van der Waals surface area contributed by atoms with E-state index in [1.54, 1.807) is 24.3 Å². The van der Waals surface area contributed by atoms with Gasteiger partial charge in [-0.05, 0) is 48.4 Å². The van der Waals surface area contributed by atoms with Crippen LogP contribution in [0.4, 0.5) is 0 Å². The largest absolute Gasteiger partial charge is 0.454 e. The average Bonchev–Trinajstić information content (AvgIpc) is 3.35. The van der Waals surface area contributed by atoms with Gasteiger partial charge >= 0.3 is 0 Å². The molecule has 0 aliphatic carbocycles. The second kappa shape index (κ2) is 7.61. The molecule has 0 aromatic heterocycles. The molecule has 1 unspecified atom stereocenters. The SMILES string of the molecule is O=C(CCC(=O)N1CCC(c2ccc3c(c2)OCO3)C1)c1ccc(Cl)cc1. The van der Waals surface area contributed by atoms with E-state index >= 15 is 0 Å². The molecule has 1 atom stereocenters. The molecular weight excluding hydrogens is 366 g/mol. The molecular formula is C21H20ClNO4. The highest BCUT2D eigenvalue weighted by atomic mass is 35.5. The molecule has 1 fully saturated rings. The summed E-state index contributed by atoms with van der Waals surface area (Å²) in [7, 11) is 0. The van der Waals surface area contributed by atoms with Crippen molar-refractivity contribution in [2.75, 3.05) is 19.9 Å². The third kappa shape index (κ3) is 3.93. The summed E-state index contributed by atoms with van der Waals surface area (Å²) in [5.41, 5.74) is 1.75. The zero-order chi connectivity index (χ0) is 18.8. The van der Waals surface area contributed by atoms with Gasteiger partial charge in [-0.1, -0.05) is 17.7 Å². The van der Waals surface area contributed by atoms with Gasteiger partial charge in [-0.2, -0.15) is 0 Å². The van der Waals surface area contributed by atoms with E-state index < -0.39 is 0 Å². The Balaban J connectivity index is 1.31. The van der Waals surface area contributed by atoms with Crippen molar-refractivity contribution in [2.24, 2.45) is 0 Å². The van der Waals surface area contributed by atoms with Crippen molar-refractivity contribution >= 4 is 23.3 Å². The van der Waals surface area contributed by atoms with Gasteiger partial charge in [0, 0.05) is 42.4 Å². The molecule has 0 spiro atoms. The molecule has 0 saturated carbocycles. The maximum atomic E-state index is 12.5. The van der Waals surface area contributed by atoms with Crippen molar-refractivity contribution in [3.05, 3.63) is 58.6 Å². The lowest BCUT2D eigenvalue weighted by Crippen LogP contribution is -2.28. The van der Waals surface area contributed by atoms with E-state index in [4.69, 9.17) is 21.1 Å². The van der Waals surface area contributed by atoms with E-state index in [1.165, 1.54) is 0 Å². The molecule has 1 amide bonds. The molecule has 2 aromatic carbocycles. The Morgan fingerprint density at radius 1 is 1.04 bits per heavy atom. The summed E-state index contributed by atoms with van der Waals surface area (Å²) < 4.78 is 10.8. The van der Waals surface area contributed by atoms with Gasteiger partial charge < -0.3 is 14.4 Å². The third-order valence-corrected chi connectivity index (χ3v) is 5.39. The molecule has 2 aliphatic heterocycles. The van der Waals surface area contributed by atoms with Crippen molar-refractivity contribution in [1.82, 2.24) is 4.90 Å². The second-order valence-corrected chi connectivity index (χ2v) is 7.30. The first-order valence-electron chi connectivity index (χ1n) is 9.06. The van der Waals surface area contributed by atoms with Crippen LogP contribution in [-0.4, -0.2) is 36.5 Å². The summed E-state index contributed by atoms with van der Waals surface area (Å²) in [6.07, 6.45) is 1.36. The van der Waals surface area contributed by atoms with E-state index in [1.807, 2.05) is 23.1 Å². The number of amides is 1. The first-order valence-corrected chi connectivity index (χ1v) is 9.44. The van der Waals surface area contributed by atoms with Crippen LogP contribution in [0.25, 0.3) is 0 Å². The first kappa shape index (κ1) is 17.9. The number of benzene rings is 2. The van der Waals surface area contributed by atoms with Gasteiger partial charge in [0.25, 0.3) is 0 Å². The molecule has 2 aliphatic rings. The molecule has 5 nitrogen and oxygen atoms in total. The number of fused-ring (bicyclic) bond motifs is 1. The summed E-state index contributed by atoms with van der Waals surface area (Å²) in [6.45, 7) is 1.65. The fraction of sp³-hybridized carbons (Fsp3) is 0.333. The maximum Gasteiger partial charge on any atom is 0.231 e. The van der Waals surface area contributed by atoms with Crippen LogP contribution < -0.4 is 9.47 Å². The highest BCUT2D eigenvalue weighted by Crippen LogP contribution is 2.37. The van der Waals surface area contributed by atoms with E-state index in [-0.39, 0.29) is 37.2 Å². The van der Waals surface area contributed by atoms with Crippen LogP contribution in [0.5, 0.6) is 11.5 Å². The number of rotatable bonds is 5. The number of Topliss-reactive ketones (excluding diaryl/α,β-unsaturated/α-hetero) is 1. The quantitative estimate of drug-likeness (QED) is 0.729. The van der Waals surface area contributed by atoms with Gasteiger partial charge in [-0.25, -0.2) is 0 Å². The number of nitrogens with zero attached hydrogens (tertiary/aromatic N) is 1. The van der Waals surface area contributed by atoms with E-state index in [0.717, 1.165) is 23.5 Å². The highest BCUT2D eigenvalue weighted by Gasteiger charge is 2.28. The zero-order valence-corrected chi connectivity index (χ0v) is 15.6. The Morgan fingerprint density at radius 2 is 1.81 bits per heavy atom. The number of ketones is 1. The molecule has 140 valence electrons. The van der Waals surface area contributed by atoms with E-state index in [0.29, 0.717) is 23.7 Å². The summed E-state index contributed by atoms with van der Waals surface area (Å²) in [5.74, 6) is 1.82. The fourth-order valence-corrected chi connectivity index (χ4v) is 3.71. The summed E-state index contributed by atoms with van der Waals surface area (Å²) >= 11 is 5.84. The monoisotopic (exact) mass is 385 g/mol. The summed E-state index contributed by atoms with van der Waals surface area (Å²) in [4.78, 5) is 26.6. The summed E-state index contributed by atoms with van der Waals surface area (Å²) in [6, 6.07) is 12.7. The van der Waals surface area contributed by atoms with Gasteiger partial charge in [-0.3, -0.25) is 9.59 Å². The van der Waals surface area contributed by atoms with Crippen LogP contribution in [-0.2, 0) is 4.79 Å². The minimum Gasteiger partial charge on any atom is -0.454 e. The molecule has 0 N–H and O–H groups in total. The average molecular weight is 386 g/mol. The maximum absolute atomic E-state index is 12.5. The smallest absolute Gasteiger partial charge is 0.231 e. The van der Waals surface area contributed by atoms with Gasteiger partial charge in [0.15, 0.2) is 17.3 Å². The number of carbonyl (C=O) groups is 2. The molecule has 0 radical (unpaired) electrons. The van der Waals surface area contributed by atoms with Crippen molar-refractivity contribution in [3.63, 3.8) is 0 Å². The van der Waals surface area contributed by atoms with Crippen LogP contribution in [0.2, 0.25) is 5.02 Å². The van der Waals surface area contributed by atoms with Crippen LogP contribution in [0.3, 0.4) is 0 Å². The lowest BCUT2D eigenvalue weighted by molar-refractivity contribution is -0.130. The van der Waals surface area contributed by atoms with Gasteiger partial charge in [0.2, 0.25) is 12.7 Å². The number of halogens is 1. The van der Waals surface area contributed by atoms with E-state index in [9.17, 15) is 9.59 Å². The molecule has 6 heteroatoms.